The first-order valence-corrected chi connectivity index (χ1v) is 18.3. The Morgan fingerprint density at radius 2 is 1.45 bits per heavy atom. The molecule has 3 aromatic rings. The number of aliphatic hydroxyl groups excluding tert-OH is 1. The van der Waals surface area contributed by atoms with Gasteiger partial charge in [0.2, 0.25) is 0 Å². The lowest BCUT2D eigenvalue weighted by molar-refractivity contribution is -0.382. The number of nitrogens with zero attached hydrogens (tertiary/aromatic N) is 1. The first-order valence-electron chi connectivity index (χ1n) is 18.3. The second-order valence-electron chi connectivity index (χ2n) is 13.6. The van der Waals surface area contributed by atoms with Crippen LogP contribution in [0.15, 0.2) is 97.6 Å². The van der Waals surface area contributed by atoms with Crippen LogP contribution < -0.4 is 0 Å². The molecule has 7 rings (SSSR count). The molecule has 4 heterocycles. The number of esters is 2. The lowest BCUT2D eigenvalue weighted by Gasteiger charge is -2.51. The SMILES string of the molecule is C=CCO[C@@H]1O[C@H](COCc2ccccc2)[C@@H](O[C@@H]2O[C@@H]3COC(c4ccccc4)O[C@@H]3[C@H](OC(C)=O)[C@H]2OC(C)=O)[C@H](O)[C@H]1N1C(=O)c2ccccc2C1=O. The number of rotatable bonds is 13. The fraction of sp³-hybridized carbons (Fsp3) is 0.415. The van der Waals surface area contributed by atoms with Crippen molar-refractivity contribution in [2.24, 2.45) is 0 Å². The van der Waals surface area contributed by atoms with Crippen molar-refractivity contribution >= 4 is 23.8 Å². The smallest absolute Gasteiger partial charge is 0.303 e. The zero-order valence-corrected chi connectivity index (χ0v) is 30.7. The van der Waals surface area contributed by atoms with E-state index in [-0.39, 0.29) is 37.6 Å². The van der Waals surface area contributed by atoms with Crippen LogP contribution >= 0.6 is 0 Å². The van der Waals surface area contributed by atoms with Crippen molar-refractivity contribution < 1.29 is 66.9 Å². The predicted molar refractivity (Wildman–Crippen MR) is 192 cm³/mol. The van der Waals surface area contributed by atoms with Gasteiger partial charge in [0.15, 0.2) is 31.1 Å². The van der Waals surface area contributed by atoms with Crippen LogP contribution in [0.5, 0.6) is 0 Å². The molecule has 4 aliphatic heterocycles. The van der Waals surface area contributed by atoms with Gasteiger partial charge in [0.1, 0.15) is 36.6 Å². The summed E-state index contributed by atoms with van der Waals surface area (Å²) >= 11 is 0. The molecule has 296 valence electrons. The van der Waals surface area contributed by atoms with E-state index in [0.29, 0.717) is 5.56 Å². The third-order valence-electron chi connectivity index (χ3n) is 9.79. The van der Waals surface area contributed by atoms with Gasteiger partial charge in [-0.15, -0.1) is 6.58 Å². The van der Waals surface area contributed by atoms with Crippen LogP contribution in [0, 0.1) is 0 Å². The quantitative estimate of drug-likeness (QED) is 0.152. The third-order valence-corrected chi connectivity index (χ3v) is 9.79. The second-order valence-corrected chi connectivity index (χ2v) is 13.6. The number of hydrogen-bond acceptors (Lipinski definition) is 14. The van der Waals surface area contributed by atoms with E-state index in [1.165, 1.54) is 32.1 Å². The van der Waals surface area contributed by atoms with Crippen molar-refractivity contribution in [3.63, 3.8) is 0 Å². The molecule has 1 unspecified atom stereocenters. The van der Waals surface area contributed by atoms with Crippen molar-refractivity contribution in [2.75, 3.05) is 19.8 Å². The number of ether oxygens (including phenoxy) is 9. The van der Waals surface area contributed by atoms with Crippen LogP contribution in [-0.2, 0) is 58.8 Å². The number of imide groups is 1. The molecular weight excluding hydrogens is 730 g/mol. The standard InChI is InChI=1S/C41H43NO14/c1-4-19-49-40-31(42-37(46)27-17-11-12-18-28(27)38(42)47)32(45)33(29(53-40)21-48-20-25-13-7-5-8-14-25)55-41-36(52-24(3)44)35(51-23(2)43)34-30(54-41)22-50-39(56-34)26-15-9-6-10-16-26/h4-18,29-36,39-41,45H,1,19-22H2,2-3H3/t29-,30-,31-,32-,33-,34+,35+,36-,39?,40-,41+/m1/s1. The normalized spacial score (nSPS) is 31.3. The minimum absolute atomic E-state index is 0.0445. The van der Waals surface area contributed by atoms with Crippen molar-refractivity contribution in [1.29, 1.82) is 0 Å². The summed E-state index contributed by atoms with van der Waals surface area (Å²) in [5.74, 6) is -2.78. The number of carbonyl (C=O) groups is 4. The summed E-state index contributed by atoms with van der Waals surface area (Å²) < 4.78 is 55.2. The van der Waals surface area contributed by atoms with Crippen LogP contribution in [0.3, 0.4) is 0 Å². The van der Waals surface area contributed by atoms with Crippen LogP contribution in [0.25, 0.3) is 0 Å². The van der Waals surface area contributed by atoms with Gasteiger partial charge in [0.05, 0.1) is 37.6 Å². The minimum Gasteiger partial charge on any atom is -0.455 e. The first kappa shape index (κ1) is 39.4. The molecule has 0 aromatic heterocycles. The maximum atomic E-state index is 13.8. The molecule has 11 atom stereocenters. The zero-order valence-electron chi connectivity index (χ0n) is 30.7. The van der Waals surface area contributed by atoms with Gasteiger partial charge in [-0.1, -0.05) is 78.9 Å². The van der Waals surface area contributed by atoms with Gasteiger partial charge >= 0.3 is 11.9 Å². The van der Waals surface area contributed by atoms with E-state index in [2.05, 4.69) is 6.58 Å². The number of benzene rings is 3. The Bertz CT molecular complexity index is 1840. The lowest BCUT2D eigenvalue weighted by atomic mass is 9.94. The molecule has 0 spiro atoms. The monoisotopic (exact) mass is 773 g/mol. The van der Waals surface area contributed by atoms with E-state index in [1.54, 1.807) is 12.1 Å². The Balaban J connectivity index is 1.22. The molecule has 0 bridgehead atoms. The van der Waals surface area contributed by atoms with Gasteiger partial charge in [-0.25, -0.2) is 0 Å². The van der Waals surface area contributed by atoms with Crippen LogP contribution in [0.2, 0.25) is 0 Å². The van der Waals surface area contributed by atoms with E-state index < -0.39 is 91.4 Å². The molecule has 3 aromatic carbocycles. The second kappa shape index (κ2) is 17.5. The average Bonchev–Trinajstić information content (AvgIpc) is 3.45. The van der Waals surface area contributed by atoms with Crippen LogP contribution in [0.4, 0.5) is 0 Å². The highest BCUT2D eigenvalue weighted by atomic mass is 16.8. The minimum atomic E-state index is -1.70. The highest BCUT2D eigenvalue weighted by molar-refractivity contribution is 6.21. The van der Waals surface area contributed by atoms with Gasteiger partial charge in [-0.2, -0.15) is 0 Å². The summed E-state index contributed by atoms with van der Waals surface area (Å²) in [6.07, 6.45) is -11.1. The number of amides is 2. The molecule has 0 aliphatic carbocycles. The summed E-state index contributed by atoms with van der Waals surface area (Å²) in [7, 11) is 0. The summed E-state index contributed by atoms with van der Waals surface area (Å²) in [5.41, 5.74) is 1.84. The highest BCUT2D eigenvalue weighted by Crippen LogP contribution is 2.40. The molecule has 2 amide bonds. The maximum absolute atomic E-state index is 13.8. The lowest BCUT2D eigenvalue weighted by Crippen LogP contribution is -2.69. The van der Waals surface area contributed by atoms with E-state index in [4.69, 9.17) is 42.6 Å². The number of carbonyl (C=O) groups excluding carboxylic acids is 4. The number of hydrogen-bond donors (Lipinski definition) is 1. The Morgan fingerprint density at radius 3 is 2.09 bits per heavy atom. The van der Waals surface area contributed by atoms with E-state index >= 15 is 0 Å². The van der Waals surface area contributed by atoms with Crippen molar-refractivity contribution in [3.8, 4) is 0 Å². The molecule has 3 saturated heterocycles. The molecule has 4 aliphatic rings. The molecule has 0 saturated carbocycles. The maximum Gasteiger partial charge on any atom is 0.303 e. The Kier molecular flexibility index (Phi) is 12.3. The van der Waals surface area contributed by atoms with Crippen molar-refractivity contribution in [2.45, 2.75) is 88.1 Å². The van der Waals surface area contributed by atoms with E-state index in [0.717, 1.165) is 10.5 Å². The van der Waals surface area contributed by atoms with Gasteiger partial charge in [0.25, 0.3) is 11.8 Å². The molecule has 1 N–H and O–H groups in total. The third kappa shape index (κ3) is 8.31. The molecule has 56 heavy (non-hydrogen) atoms. The van der Waals surface area contributed by atoms with Gasteiger partial charge < -0.3 is 47.7 Å². The van der Waals surface area contributed by atoms with E-state index in [9.17, 15) is 24.3 Å². The summed E-state index contributed by atoms with van der Waals surface area (Å²) in [6.45, 7) is 5.96. The fourth-order valence-corrected chi connectivity index (χ4v) is 7.36. The van der Waals surface area contributed by atoms with Crippen LogP contribution in [-0.4, -0.2) is 115 Å². The Hall–Kier alpha value is -4.84. The Labute approximate surface area is 322 Å². The Morgan fingerprint density at radius 1 is 0.821 bits per heavy atom. The van der Waals surface area contributed by atoms with Crippen molar-refractivity contribution in [1.82, 2.24) is 4.90 Å². The molecular formula is C41H43NO14. The highest BCUT2D eigenvalue weighted by Gasteiger charge is 2.58. The number of fused-ring (bicyclic) bond motifs is 2. The summed E-state index contributed by atoms with van der Waals surface area (Å²) in [6, 6.07) is 23.3. The molecule has 0 radical (unpaired) electrons. The molecule has 3 fully saturated rings. The summed E-state index contributed by atoms with van der Waals surface area (Å²) in [5, 5.41) is 12.4. The fourth-order valence-electron chi connectivity index (χ4n) is 7.36. The summed E-state index contributed by atoms with van der Waals surface area (Å²) in [4.78, 5) is 53.8. The zero-order chi connectivity index (χ0) is 39.3. The van der Waals surface area contributed by atoms with Gasteiger partial charge in [-0.05, 0) is 17.7 Å². The number of aliphatic hydroxyl groups is 1. The first-order chi connectivity index (χ1) is 27.1. The largest absolute Gasteiger partial charge is 0.455 e. The predicted octanol–water partition coefficient (Wildman–Crippen LogP) is 3.24. The van der Waals surface area contributed by atoms with E-state index in [1.807, 2.05) is 60.7 Å². The average molecular weight is 774 g/mol. The molecule has 15 heteroatoms. The topological polar surface area (TPSA) is 175 Å². The van der Waals surface area contributed by atoms with Crippen LogP contribution in [0.1, 0.15) is 52.0 Å². The van der Waals surface area contributed by atoms with Crippen molar-refractivity contribution in [3.05, 3.63) is 120 Å². The van der Waals surface area contributed by atoms with Gasteiger partial charge in [-0.3, -0.25) is 24.1 Å². The van der Waals surface area contributed by atoms with Gasteiger partial charge in [0, 0.05) is 19.4 Å². The molecule has 15 nitrogen and oxygen atoms in total.